The van der Waals surface area contributed by atoms with E-state index in [4.69, 9.17) is 27.7 Å². The molecule has 0 bridgehead atoms. The average molecular weight is 275 g/mol. The molecule has 0 amide bonds. The van der Waals surface area contributed by atoms with Crippen molar-refractivity contribution in [1.29, 1.82) is 0 Å². The largest absolute Gasteiger partial charge is 0.338 e. The first kappa shape index (κ1) is 11.8. The van der Waals surface area contributed by atoms with Gasteiger partial charge in [0.1, 0.15) is 0 Å². The second kappa shape index (κ2) is 5.08. The molecule has 6 heteroatoms. The van der Waals surface area contributed by atoms with Crippen molar-refractivity contribution in [2.45, 2.75) is 17.6 Å². The molecular weight excluding hydrogens is 267 g/mol. The topological polar surface area (TPSA) is 38.9 Å². The zero-order valence-electron chi connectivity index (χ0n) is 8.41. The number of aromatic nitrogens is 2. The molecule has 0 saturated carbocycles. The van der Waals surface area contributed by atoms with Gasteiger partial charge in [-0.3, -0.25) is 0 Å². The summed E-state index contributed by atoms with van der Waals surface area (Å²) in [6.45, 7) is 1.78. The van der Waals surface area contributed by atoms with E-state index in [1.807, 2.05) is 6.07 Å². The highest BCUT2D eigenvalue weighted by atomic mass is 35.5. The van der Waals surface area contributed by atoms with E-state index in [-0.39, 0.29) is 0 Å². The SMILES string of the molecule is Cc1noc(CSc2cc(Cl)ccc2Cl)n1. The summed E-state index contributed by atoms with van der Waals surface area (Å²) in [5.41, 5.74) is 0. The lowest BCUT2D eigenvalue weighted by Gasteiger charge is -2.01. The number of rotatable bonds is 3. The molecule has 0 N–H and O–H groups in total. The molecule has 1 aromatic heterocycles. The average Bonchev–Trinajstić information content (AvgIpc) is 2.66. The van der Waals surface area contributed by atoms with Crippen LogP contribution in [0.5, 0.6) is 0 Å². The minimum absolute atomic E-state index is 0.582. The molecule has 2 rings (SSSR count). The number of hydrogen-bond acceptors (Lipinski definition) is 4. The van der Waals surface area contributed by atoms with Crippen LogP contribution in [0.4, 0.5) is 0 Å². The maximum Gasteiger partial charge on any atom is 0.236 e. The molecule has 84 valence electrons. The third-order valence-electron chi connectivity index (χ3n) is 1.81. The normalized spacial score (nSPS) is 10.7. The van der Waals surface area contributed by atoms with E-state index in [1.54, 1.807) is 19.1 Å². The maximum atomic E-state index is 6.02. The molecule has 0 spiro atoms. The van der Waals surface area contributed by atoms with E-state index in [1.165, 1.54) is 11.8 Å². The summed E-state index contributed by atoms with van der Waals surface area (Å²) in [5, 5.41) is 5.04. The van der Waals surface area contributed by atoms with E-state index in [9.17, 15) is 0 Å². The van der Waals surface area contributed by atoms with Crippen molar-refractivity contribution in [3.63, 3.8) is 0 Å². The number of nitrogens with zero attached hydrogens (tertiary/aromatic N) is 2. The van der Waals surface area contributed by atoms with Crippen LogP contribution in [0.25, 0.3) is 0 Å². The van der Waals surface area contributed by atoms with Gasteiger partial charge in [0.15, 0.2) is 5.82 Å². The highest BCUT2D eigenvalue weighted by Crippen LogP contribution is 2.31. The first-order chi connectivity index (χ1) is 7.65. The van der Waals surface area contributed by atoms with Crippen LogP contribution < -0.4 is 0 Å². The fraction of sp³-hybridized carbons (Fsp3) is 0.200. The monoisotopic (exact) mass is 274 g/mol. The molecule has 0 radical (unpaired) electrons. The highest BCUT2D eigenvalue weighted by Gasteiger charge is 2.06. The number of halogens is 2. The van der Waals surface area contributed by atoms with Gasteiger partial charge in [-0.1, -0.05) is 28.4 Å². The van der Waals surface area contributed by atoms with Crippen molar-refractivity contribution in [1.82, 2.24) is 10.1 Å². The number of aryl methyl sites for hydroxylation is 1. The molecular formula is C10H8Cl2N2OS. The number of thioether (sulfide) groups is 1. The first-order valence-corrected chi connectivity index (χ1v) is 6.26. The van der Waals surface area contributed by atoms with Crippen LogP contribution in [0.3, 0.4) is 0 Å². The van der Waals surface area contributed by atoms with Gasteiger partial charge in [0.25, 0.3) is 0 Å². The van der Waals surface area contributed by atoms with Crippen LogP contribution in [0, 0.1) is 6.92 Å². The van der Waals surface area contributed by atoms with E-state index in [0.717, 1.165) is 4.90 Å². The van der Waals surface area contributed by atoms with Gasteiger partial charge in [0.2, 0.25) is 5.89 Å². The Labute approximate surface area is 107 Å². The summed E-state index contributed by atoms with van der Waals surface area (Å²) in [5.74, 6) is 1.80. The van der Waals surface area contributed by atoms with Crippen LogP contribution in [-0.4, -0.2) is 10.1 Å². The summed E-state index contributed by atoms with van der Waals surface area (Å²) in [6.07, 6.45) is 0. The van der Waals surface area contributed by atoms with E-state index in [0.29, 0.717) is 27.5 Å². The van der Waals surface area contributed by atoms with E-state index in [2.05, 4.69) is 10.1 Å². The van der Waals surface area contributed by atoms with Crippen LogP contribution in [0.1, 0.15) is 11.7 Å². The fourth-order valence-corrected chi connectivity index (χ4v) is 2.46. The lowest BCUT2D eigenvalue weighted by molar-refractivity contribution is 0.387. The summed E-state index contributed by atoms with van der Waals surface area (Å²) in [6, 6.07) is 5.34. The first-order valence-electron chi connectivity index (χ1n) is 4.52. The lowest BCUT2D eigenvalue weighted by Crippen LogP contribution is -1.82. The highest BCUT2D eigenvalue weighted by molar-refractivity contribution is 7.98. The maximum absolute atomic E-state index is 6.02. The molecule has 0 aliphatic heterocycles. The van der Waals surface area contributed by atoms with Crippen molar-refractivity contribution in [2.24, 2.45) is 0 Å². The van der Waals surface area contributed by atoms with Gasteiger partial charge < -0.3 is 4.52 Å². The van der Waals surface area contributed by atoms with Gasteiger partial charge in [-0.05, 0) is 25.1 Å². The zero-order valence-corrected chi connectivity index (χ0v) is 10.7. The molecule has 1 heterocycles. The molecule has 1 aromatic carbocycles. The molecule has 0 saturated heterocycles. The van der Waals surface area contributed by atoms with Crippen LogP contribution in [0.15, 0.2) is 27.6 Å². The summed E-state index contributed by atoms with van der Waals surface area (Å²) in [4.78, 5) is 5.01. The van der Waals surface area contributed by atoms with Crippen molar-refractivity contribution >= 4 is 35.0 Å². The fourth-order valence-electron chi connectivity index (χ4n) is 1.13. The molecule has 0 unspecified atom stereocenters. The van der Waals surface area contributed by atoms with Gasteiger partial charge in [-0.25, -0.2) is 0 Å². The third-order valence-corrected chi connectivity index (χ3v) is 3.53. The standard InChI is InChI=1S/C10H8Cl2N2OS/c1-6-13-10(15-14-6)5-16-9-4-7(11)2-3-8(9)12/h2-4H,5H2,1H3. The smallest absolute Gasteiger partial charge is 0.236 e. The molecule has 3 nitrogen and oxygen atoms in total. The second-order valence-electron chi connectivity index (χ2n) is 3.10. The number of hydrogen-bond donors (Lipinski definition) is 0. The van der Waals surface area contributed by atoms with Crippen molar-refractivity contribution in [3.05, 3.63) is 40.0 Å². The van der Waals surface area contributed by atoms with Crippen molar-refractivity contribution in [3.8, 4) is 0 Å². The zero-order chi connectivity index (χ0) is 11.5. The minimum Gasteiger partial charge on any atom is -0.338 e. The van der Waals surface area contributed by atoms with Crippen LogP contribution >= 0.6 is 35.0 Å². The quantitative estimate of drug-likeness (QED) is 0.794. The predicted molar refractivity (Wildman–Crippen MR) is 65.1 cm³/mol. The van der Waals surface area contributed by atoms with Gasteiger partial charge in [0, 0.05) is 9.92 Å². The Morgan fingerprint density at radius 2 is 2.19 bits per heavy atom. The van der Waals surface area contributed by atoms with Gasteiger partial charge >= 0.3 is 0 Å². The Balaban J connectivity index is 2.07. The van der Waals surface area contributed by atoms with E-state index >= 15 is 0 Å². The van der Waals surface area contributed by atoms with E-state index < -0.39 is 0 Å². The molecule has 2 aromatic rings. The van der Waals surface area contributed by atoms with Crippen molar-refractivity contribution in [2.75, 3.05) is 0 Å². The predicted octanol–water partition coefficient (Wildman–Crippen LogP) is 3.98. The Bertz CT molecular complexity index is 501. The van der Waals surface area contributed by atoms with Gasteiger partial charge in [0.05, 0.1) is 10.8 Å². The molecule has 16 heavy (non-hydrogen) atoms. The molecule has 0 fully saturated rings. The Morgan fingerprint density at radius 3 is 2.88 bits per heavy atom. The second-order valence-corrected chi connectivity index (χ2v) is 4.96. The van der Waals surface area contributed by atoms with Crippen LogP contribution in [-0.2, 0) is 5.75 Å². The summed E-state index contributed by atoms with van der Waals surface area (Å²) in [7, 11) is 0. The van der Waals surface area contributed by atoms with Crippen molar-refractivity contribution < 1.29 is 4.52 Å². The van der Waals surface area contributed by atoms with Gasteiger partial charge in [-0.2, -0.15) is 4.98 Å². The lowest BCUT2D eigenvalue weighted by atomic mass is 10.4. The summed E-state index contributed by atoms with van der Waals surface area (Å²) < 4.78 is 5.00. The van der Waals surface area contributed by atoms with Crippen LogP contribution in [0.2, 0.25) is 10.0 Å². The number of benzene rings is 1. The third kappa shape index (κ3) is 2.90. The molecule has 0 atom stereocenters. The molecule has 0 aliphatic rings. The summed E-state index contributed by atoms with van der Waals surface area (Å²) >= 11 is 13.4. The Kier molecular flexibility index (Phi) is 3.74. The Hall–Kier alpha value is -0.710. The molecule has 0 aliphatic carbocycles. The van der Waals surface area contributed by atoms with Gasteiger partial charge in [-0.15, -0.1) is 11.8 Å². The Morgan fingerprint density at radius 1 is 1.38 bits per heavy atom. The minimum atomic E-state index is 0.582.